The Kier molecular flexibility index (Phi) is 4.95. The van der Waals surface area contributed by atoms with E-state index in [1.807, 2.05) is 0 Å². The van der Waals surface area contributed by atoms with E-state index in [0.717, 1.165) is 0 Å². The normalized spacial score (nSPS) is 11.5. The van der Waals surface area contributed by atoms with Crippen LogP contribution in [0.25, 0.3) is 11.1 Å². The Morgan fingerprint density at radius 3 is 1.96 bits per heavy atom. The highest BCUT2D eigenvalue weighted by Crippen LogP contribution is 2.32. The van der Waals surface area contributed by atoms with Crippen molar-refractivity contribution in [2.24, 2.45) is 0 Å². The van der Waals surface area contributed by atoms with Gasteiger partial charge >= 0.3 is 0 Å². The molecule has 2 rings (SSSR count). The van der Waals surface area contributed by atoms with Gasteiger partial charge in [0.25, 0.3) is 0 Å². The average Bonchev–Trinajstić information content (AvgIpc) is 2.52. The molecule has 0 aliphatic rings. The third-order valence-corrected chi connectivity index (χ3v) is 3.31. The van der Waals surface area contributed by atoms with Gasteiger partial charge in [0.2, 0.25) is 0 Å². The van der Waals surface area contributed by atoms with Crippen molar-refractivity contribution in [3.63, 3.8) is 0 Å². The molecule has 0 heterocycles. The van der Waals surface area contributed by atoms with E-state index in [2.05, 4.69) is 0 Å². The first-order valence-corrected chi connectivity index (χ1v) is 6.86. The maximum absolute atomic E-state index is 14.2. The number of hydrogen-bond acceptors (Lipinski definition) is 3. The number of nitriles is 1. The summed E-state index contributed by atoms with van der Waals surface area (Å²) in [4.78, 5) is 0. The molecule has 0 saturated carbocycles. The first-order valence-electron chi connectivity index (χ1n) is 6.86. The number of allylic oxidation sites excluding steroid dienone is 2. The van der Waals surface area contributed by atoms with Crippen LogP contribution in [0.15, 0.2) is 42.5 Å². The quantitative estimate of drug-likeness (QED) is 0.625. The standard InChI is InChI=1S/C18H12F3N3/c1-10(23)16(11-5-3-2-4-6-11)18(15(24)9-22)17-13(20)7-12(19)8-14(17)21/h2-8,23-24H,1H3/b18-16-,23-10?,24-15?. The molecule has 2 N–H and O–H groups in total. The Bertz CT molecular complexity index is 870. The van der Waals surface area contributed by atoms with Gasteiger partial charge < -0.3 is 5.41 Å². The molecule has 24 heavy (non-hydrogen) atoms. The van der Waals surface area contributed by atoms with Crippen LogP contribution in [-0.2, 0) is 0 Å². The molecule has 0 saturated heterocycles. The topological polar surface area (TPSA) is 71.5 Å². The van der Waals surface area contributed by atoms with Gasteiger partial charge in [0.05, 0.1) is 5.56 Å². The van der Waals surface area contributed by atoms with Crippen LogP contribution in [-0.4, -0.2) is 11.4 Å². The fourth-order valence-corrected chi connectivity index (χ4v) is 2.37. The molecule has 0 fully saturated rings. The third-order valence-electron chi connectivity index (χ3n) is 3.31. The summed E-state index contributed by atoms with van der Waals surface area (Å²) >= 11 is 0. The van der Waals surface area contributed by atoms with E-state index in [4.69, 9.17) is 16.1 Å². The zero-order chi connectivity index (χ0) is 17.9. The van der Waals surface area contributed by atoms with Crippen molar-refractivity contribution in [3.8, 4) is 6.07 Å². The van der Waals surface area contributed by atoms with Crippen LogP contribution in [0.5, 0.6) is 0 Å². The van der Waals surface area contributed by atoms with Crippen LogP contribution in [0.2, 0.25) is 0 Å². The van der Waals surface area contributed by atoms with Gasteiger partial charge in [0.1, 0.15) is 29.2 Å². The predicted octanol–water partition coefficient (Wildman–Crippen LogP) is 4.60. The van der Waals surface area contributed by atoms with Crippen LogP contribution in [0.4, 0.5) is 13.2 Å². The van der Waals surface area contributed by atoms with Crippen LogP contribution < -0.4 is 0 Å². The highest BCUT2D eigenvalue weighted by Gasteiger charge is 2.24. The highest BCUT2D eigenvalue weighted by atomic mass is 19.1. The molecule has 0 aliphatic carbocycles. The molecular formula is C18H12F3N3. The molecule has 0 amide bonds. The number of nitrogens with zero attached hydrogens (tertiary/aromatic N) is 1. The van der Waals surface area contributed by atoms with Crippen molar-refractivity contribution in [2.45, 2.75) is 6.92 Å². The van der Waals surface area contributed by atoms with Crippen molar-refractivity contribution in [1.82, 2.24) is 0 Å². The van der Waals surface area contributed by atoms with Crippen molar-refractivity contribution >= 4 is 22.6 Å². The zero-order valence-corrected chi connectivity index (χ0v) is 12.6. The maximum Gasteiger partial charge on any atom is 0.140 e. The molecule has 0 unspecified atom stereocenters. The summed E-state index contributed by atoms with van der Waals surface area (Å²) in [5.74, 6) is -3.58. The molecule has 0 aromatic heterocycles. The van der Waals surface area contributed by atoms with Crippen LogP contribution in [0.3, 0.4) is 0 Å². The first kappa shape index (κ1) is 17.2. The molecule has 120 valence electrons. The van der Waals surface area contributed by atoms with Gasteiger partial charge in [0.15, 0.2) is 0 Å². The number of hydrogen-bond donors (Lipinski definition) is 2. The smallest absolute Gasteiger partial charge is 0.140 e. The largest absolute Gasteiger partial charge is 0.305 e. The van der Waals surface area contributed by atoms with Crippen LogP contribution in [0, 0.1) is 39.6 Å². The summed E-state index contributed by atoms with van der Waals surface area (Å²) in [6.07, 6.45) is 0. The van der Waals surface area contributed by atoms with Crippen LogP contribution >= 0.6 is 0 Å². The number of benzene rings is 2. The van der Waals surface area contributed by atoms with Gasteiger partial charge in [-0.15, -0.1) is 0 Å². The lowest BCUT2D eigenvalue weighted by Gasteiger charge is -2.15. The van der Waals surface area contributed by atoms with Gasteiger partial charge in [-0.25, -0.2) is 13.2 Å². The lowest BCUT2D eigenvalue weighted by Crippen LogP contribution is -2.10. The monoisotopic (exact) mass is 327 g/mol. The lowest BCUT2D eigenvalue weighted by atomic mass is 9.88. The molecule has 0 atom stereocenters. The van der Waals surface area contributed by atoms with Gasteiger partial charge in [0, 0.05) is 29.0 Å². The Hall–Kier alpha value is -3.20. The lowest BCUT2D eigenvalue weighted by molar-refractivity contribution is 0.539. The minimum absolute atomic E-state index is 0.0339. The molecule has 0 aliphatic heterocycles. The van der Waals surface area contributed by atoms with Crippen molar-refractivity contribution in [2.75, 3.05) is 0 Å². The summed E-state index contributed by atoms with van der Waals surface area (Å²) in [6.45, 7) is 1.38. The molecule has 0 radical (unpaired) electrons. The van der Waals surface area contributed by atoms with Crippen molar-refractivity contribution in [1.29, 1.82) is 16.1 Å². The molecule has 3 nitrogen and oxygen atoms in total. The molecule has 6 heteroatoms. The van der Waals surface area contributed by atoms with E-state index in [1.54, 1.807) is 30.3 Å². The van der Waals surface area contributed by atoms with Gasteiger partial charge in [-0.05, 0) is 12.5 Å². The SMILES string of the molecule is CC(=N)/C(=C(\C(=N)C#N)c1c(F)cc(F)cc1F)c1ccccc1. The van der Waals surface area contributed by atoms with E-state index in [-0.39, 0.29) is 16.9 Å². The second-order valence-corrected chi connectivity index (χ2v) is 4.97. The van der Waals surface area contributed by atoms with Gasteiger partial charge in [-0.2, -0.15) is 5.26 Å². The molecule has 0 spiro atoms. The fraction of sp³-hybridized carbons (Fsp3) is 0.0556. The highest BCUT2D eigenvalue weighted by molar-refractivity contribution is 6.44. The van der Waals surface area contributed by atoms with E-state index >= 15 is 0 Å². The van der Waals surface area contributed by atoms with E-state index < -0.39 is 28.7 Å². The summed E-state index contributed by atoms with van der Waals surface area (Å²) in [6, 6.07) is 10.7. The second-order valence-electron chi connectivity index (χ2n) is 4.97. The molecule has 2 aromatic carbocycles. The average molecular weight is 327 g/mol. The Balaban J connectivity index is 2.95. The van der Waals surface area contributed by atoms with Crippen molar-refractivity contribution in [3.05, 3.63) is 71.0 Å². The maximum atomic E-state index is 14.2. The van der Waals surface area contributed by atoms with Crippen LogP contribution in [0.1, 0.15) is 18.1 Å². The summed E-state index contributed by atoms with van der Waals surface area (Å²) < 4.78 is 41.6. The van der Waals surface area contributed by atoms with Gasteiger partial charge in [-0.3, -0.25) is 5.41 Å². The summed E-state index contributed by atoms with van der Waals surface area (Å²) in [7, 11) is 0. The summed E-state index contributed by atoms with van der Waals surface area (Å²) in [5, 5.41) is 24.8. The Labute approximate surface area is 136 Å². The second kappa shape index (κ2) is 6.92. The zero-order valence-electron chi connectivity index (χ0n) is 12.6. The van der Waals surface area contributed by atoms with E-state index in [9.17, 15) is 13.2 Å². The Morgan fingerprint density at radius 2 is 1.50 bits per heavy atom. The molecule has 0 bridgehead atoms. The number of nitrogens with one attached hydrogen (secondary N) is 2. The first-order chi connectivity index (χ1) is 11.4. The third kappa shape index (κ3) is 3.25. The predicted molar refractivity (Wildman–Crippen MR) is 86.3 cm³/mol. The number of rotatable bonds is 4. The summed E-state index contributed by atoms with van der Waals surface area (Å²) in [5.41, 5.74) is -1.43. The van der Waals surface area contributed by atoms with E-state index in [0.29, 0.717) is 17.7 Å². The fourth-order valence-electron chi connectivity index (χ4n) is 2.37. The Morgan fingerprint density at radius 1 is 0.958 bits per heavy atom. The van der Waals surface area contributed by atoms with Gasteiger partial charge in [-0.1, -0.05) is 30.3 Å². The van der Waals surface area contributed by atoms with E-state index in [1.165, 1.54) is 13.0 Å². The molecule has 2 aromatic rings. The van der Waals surface area contributed by atoms with Crippen molar-refractivity contribution < 1.29 is 13.2 Å². The molecular weight excluding hydrogens is 315 g/mol. The number of halogens is 3. The minimum Gasteiger partial charge on any atom is -0.305 e. The minimum atomic E-state index is -1.24.